The summed E-state index contributed by atoms with van der Waals surface area (Å²) in [4.78, 5) is 15.5. The first-order valence-electron chi connectivity index (χ1n) is 11.5. The molecule has 0 saturated carbocycles. The van der Waals surface area contributed by atoms with Gasteiger partial charge < -0.3 is 29.7 Å². The number of nitrogens with two attached hydrogens (primary N) is 1. The Morgan fingerprint density at radius 2 is 1.62 bits per heavy atom. The van der Waals surface area contributed by atoms with Crippen LogP contribution < -0.4 is 20.5 Å². The van der Waals surface area contributed by atoms with Crippen LogP contribution in [0.3, 0.4) is 0 Å². The maximum absolute atomic E-state index is 14.5. The summed E-state index contributed by atoms with van der Waals surface area (Å²) >= 11 is 5.52. The summed E-state index contributed by atoms with van der Waals surface area (Å²) in [5.41, 5.74) is 2.97. The van der Waals surface area contributed by atoms with Crippen LogP contribution in [0.4, 0.5) is 19.0 Å². The molecule has 15 heteroatoms. The molecule has 39 heavy (non-hydrogen) atoms. The highest BCUT2D eigenvalue weighted by Crippen LogP contribution is 2.52. The number of anilines is 1. The maximum Gasteiger partial charge on any atom is 0.435 e. The van der Waals surface area contributed by atoms with Gasteiger partial charge in [0.15, 0.2) is 23.5 Å². The summed E-state index contributed by atoms with van der Waals surface area (Å²) in [5.74, 6) is -1.46. The number of rotatable bonds is 9. The summed E-state index contributed by atoms with van der Waals surface area (Å²) in [5, 5.41) is 21.2. The van der Waals surface area contributed by atoms with Crippen LogP contribution in [0.1, 0.15) is 17.4 Å². The third-order valence-corrected chi connectivity index (χ3v) is 8.04. The fraction of sp³-hybridized carbons (Fsp3) is 0.333. The van der Waals surface area contributed by atoms with Crippen LogP contribution in [-0.2, 0) is 21.1 Å². The Balaban J connectivity index is 1.65. The van der Waals surface area contributed by atoms with Crippen molar-refractivity contribution < 1.29 is 41.7 Å². The minimum atomic E-state index is -3.92. The van der Waals surface area contributed by atoms with E-state index in [1.165, 1.54) is 0 Å². The average molecular weight is 588 g/mol. The third kappa shape index (κ3) is 6.11. The van der Waals surface area contributed by atoms with Crippen molar-refractivity contribution in [3.05, 3.63) is 82.2 Å². The topological polar surface area (TPSA) is 138 Å². The zero-order chi connectivity index (χ0) is 28.5. The molecule has 0 unspecified atom stereocenters. The summed E-state index contributed by atoms with van der Waals surface area (Å²) in [6.45, 7) is -1.36. The van der Waals surface area contributed by atoms with Crippen molar-refractivity contribution in [3.8, 4) is 11.5 Å². The number of aliphatic hydroxyl groups is 2. The number of halogens is 3. The van der Waals surface area contributed by atoms with Gasteiger partial charge in [-0.3, -0.25) is 9.09 Å². The molecule has 1 aliphatic heterocycles. The van der Waals surface area contributed by atoms with Gasteiger partial charge in [0.1, 0.15) is 23.7 Å². The van der Waals surface area contributed by atoms with E-state index >= 15 is 0 Å². The summed E-state index contributed by atoms with van der Waals surface area (Å²) in [7, 11) is 0. The van der Waals surface area contributed by atoms with E-state index in [1.54, 1.807) is 48.5 Å². The quantitative estimate of drug-likeness (QED) is 0.320. The Morgan fingerprint density at radius 3 is 2.10 bits per heavy atom. The Labute approximate surface area is 226 Å². The molecule has 4 rings (SSSR count). The van der Waals surface area contributed by atoms with Crippen LogP contribution in [0.15, 0.2) is 59.5 Å². The van der Waals surface area contributed by atoms with Gasteiger partial charge in [-0.1, -0.05) is 35.4 Å². The van der Waals surface area contributed by atoms with Gasteiger partial charge in [0.05, 0.1) is 12.8 Å². The van der Waals surface area contributed by atoms with Crippen molar-refractivity contribution in [3.63, 3.8) is 0 Å². The lowest BCUT2D eigenvalue weighted by atomic mass is 9.96. The van der Waals surface area contributed by atoms with E-state index in [4.69, 9.17) is 35.8 Å². The second-order valence-corrected chi connectivity index (χ2v) is 11.8. The van der Waals surface area contributed by atoms with Crippen LogP contribution >= 0.6 is 6.72 Å². The molecule has 1 saturated heterocycles. The Hall–Kier alpha value is -3.00. The van der Waals surface area contributed by atoms with Crippen LogP contribution in [0, 0.1) is 19.7 Å². The fourth-order valence-electron chi connectivity index (χ4n) is 3.74. The normalized spacial score (nSPS) is 23.2. The van der Waals surface area contributed by atoms with E-state index in [0.717, 1.165) is 11.1 Å². The highest BCUT2D eigenvalue weighted by Gasteiger charge is 2.61. The second-order valence-electron chi connectivity index (χ2n) is 8.89. The molecule has 4 atom stereocenters. The van der Waals surface area contributed by atoms with Crippen LogP contribution in [0.2, 0.25) is 0 Å². The van der Waals surface area contributed by atoms with Crippen LogP contribution in [0.5, 0.6) is 11.5 Å². The Kier molecular flexibility index (Phi) is 8.36. The number of nitrogens with zero attached hydrogens (tertiary/aromatic N) is 2. The molecule has 4 N–H and O–H groups in total. The first-order chi connectivity index (χ1) is 18.3. The van der Waals surface area contributed by atoms with Gasteiger partial charge in [0.25, 0.3) is 6.43 Å². The number of aryl methyl sites for hydroxylation is 2. The molecule has 0 bridgehead atoms. The number of ether oxygens (including phenoxy) is 1. The molecule has 0 radical (unpaired) electrons. The largest absolute Gasteiger partial charge is 0.435 e. The van der Waals surface area contributed by atoms with Gasteiger partial charge in [-0.05, 0) is 38.1 Å². The molecule has 0 spiro atoms. The van der Waals surface area contributed by atoms with Gasteiger partial charge in [0.2, 0.25) is 0 Å². The van der Waals surface area contributed by atoms with Crippen molar-refractivity contribution in [2.45, 2.75) is 44.3 Å². The number of nitrogen functional groups attached to an aromatic ring is 1. The average Bonchev–Trinajstić information content (AvgIpc) is 3.14. The molecule has 10 nitrogen and oxygen atoms in total. The van der Waals surface area contributed by atoms with Crippen molar-refractivity contribution in [2.24, 2.45) is 0 Å². The molecule has 210 valence electrons. The van der Waals surface area contributed by atoms with E-state index in [1.807, 2.05) is 13.8 Å². The number of benzene rings is 2. The monoisotopic (exact) mass is 587 g/mol. The zero-order valence-corrected chi connectivity index (χ0v) is 22.3. The number of hydrogen-bond donors (Lipinski definition) is 3. The second kappa shape index (κ2) is 11.2. The summed E-state index contributed by atoms with van der Waals surface area (Å²) in [6.07, 6.45) is -9.33. The number of aliphatic hydroxyl groups excluding tert-OH is 2. The molecule has 0 amide bonds. The predicted molar refractivity (Wildman–Crippen MR) is 138 cm³/mol. The number of hydrogen-bond acceptors (Lipinski definition) is 10. The van der Waals surface area contributed by atoms with E-state index in [9.17, 15) is 28.2 Å². The SMILES string of the molecule is Cc1ccc(OP(=S)(OC[C@@]2(C(F)F)O[C@@H](n3cc(F)c(N)nc3=O)[C@@H](O)[C@@H]2O)Oc2ccc(C)cc2)cc1. The maximum atomic E-state index is 14.5. The molecule has 2 heterocycles. The first-order valence-corrected chi connectivity index (χ1v) is 14.0. The third-order valence-electron chi connectivity index (χ3n) is 5.96. The zero-order valence-electron chi connectivity index (χ0n) is 20.6. The van der Waals surface area contributed by atoms with Crippen LogP contribution in [-0.4, -0.2) is 50.6 Å². The van der Waals surface area contributed by atoms with Crippen molar-refractivity contribution in [1.82, 2.24) is 9.55 Å². The lowest BCUT2D eigenvalue weighted by Crippen LogP contribution is -2.52. The standard InChI is InChI=1S/C24H25F3N3O7PS/c1-13-3-7-15(8-4-13)36-38(39,37-16-9-5-14(2)6-10-16)34-12-24(22(26)27)19(32)18(31)21(35-24)30-11-17(25)20(28)29-23(30)33/h3-11,18-19,21-22,31-32H,12H2,1-2H3,(H2,28,29,33)/t18-,19-,21+,24+/m0/s1. The van der Waals surface area contributed by atoms with Crippen LogP contribution in [0.25, 0.3) is 0 Å². The highest BCUT2D eigenvalue weighted by molar-refractivity contribution is 8.07. The molecule has 1 aromatic heterocycles. The minimum Gasteiger partial charge on any atom is -0.416 e. The van der Waals surface area contributed by atoms with E-state index in [0.29, 0.717) is 10.8 Å². The first kappa shape index (κ1) is 29.0. The molecule has 1 aliphatic rings. The fourth-order valence-corrected chi connectivity index (χ4v) is 5.68. The molecule has 1 fully saturated rings. The molecular formula is C24H25F3N3O7PS. The lowest BCUT2D eigenvalue weighted by Gasteiger charge is -2.33. The van der Waals surface area contributed by atoms with Gasteiger partial charge >= 0.3 is 12.4 Å². The van der Waals surface area contributed by atoms with E-state index in [-0.39, 0.29) is 11.5 Å². The highest BCUT2D eigenvalue weighted by atomic mass is 32.5. The van der Waals surface area contributed by atoms with E-state index < -0.39 is 61.1 Å². The van der Waals surface area contributed by atoms with Crippen molar-refractivity contribution in [2.75, 3.05) is 12.3 Å². The van der Waals surface area contributed by atoms with Crippen molar-refractivity contribution in [1.29, 1.82) is 0 Å². The molecule has 0 aliphatic carbocycles. The Bertz CT molecular complexity index is 1380. The minimum absolute atomic E-state index is 0.225. The Morgan fingerprint density at radius 1 is 1.10 bits per heavy atom. The smallest absolute Gasteiger partial charge is 0.416 e. The van der Waals surface area contributed by atoms with E-state index in [2.05, 4.69) is 4.98 Å². The number of alkyl halides is 2. The van der Waals surface area contributed by atoms with Gasteiger partial charge in [0, 0.05) is 11.8 Å². The van der Waals surface area contributed by atoms with Gasteiger partial charge in [-0.25, -0.2) is 18.0 Å². The lowest BCUT2D eigenvalue weighted by molar-refractivity contribution is -0.192. The van der Waals surface area contributed by atoms with Gasteiger partial charge in [-0.2, -0.15) is 4.98 Å². The predicted octanol–water partition coefficient (Wildman–Crippen LogP) is 3.24. The van der Waals surface area contributed by atoms with Gasteiger partial charge in [-0.15, -0.1) is 0 Å². The summed E-state index contributed by atoms with van der Waals surface area (Å²) < 4.78 is 66.0. The summed E-state index contributed by atoms with van der Waals surface area (Å²) in [6, 6.07) is 13.2. The molecular weight excluding hydrogens is 562 g/mol. The molecule has 3 aromatic rings. The molecule has 2 aromatic carbocycles. The van der Waals surface area contributed by atoms with Crippen molar-refractivity contribution >= 4 is 24.3 Å². The number of aromatic nitrogens is 2.